The zero-order valence-electron chi connectivity index (χ0n) is 11.7. The van der Waals surface area contributed by atoms with Gasteiger partial charge in [0.05, 0.1) is 6.42 Å². The number of hydrogen-bond acceptors (Lipinski definition) is 2. The highest BCUT2D eigenvalue weighted by molar-refractivity contribution is 5.80. The summed E-state index contributed by atoms with van der Waals surface area (Å²) in [6.45, 7) is 0.368. The molecule has 1 amide bonds. The summed E-state index contributed by atoms with van der Waals surface area (Å²) in [7, 11) is 0. The van der Waals surface area contributed by atoms with Gasteiger partial charge in [-0.05, 0) is 5.57 Å². The second-order valence-corrected chi connectivity index (χ2v) is 4.31. The third-order valence-electron chi connectivity index (χ3n) is 2.57. The molecule has 4 nitrogen and oxygen atoms in total. The standard InChI is InChI=1S/C17H19NO3/c19-16(12-13-17(20)21)18-14-15-10-8-6-4-2-1-3-5-7-9-11-15/h1-11H,12-14H2,(H,18,19)(H,20,21)/b2-1-,3-1?,4-2?,5-3-,6-4-,7-5?,8-6?,9-7-,10-8?,11-9?,15-10?,15-11?. The van der Waals surface area contributed by atoms with Crippen molar-refractivity contribution in [3.63, 3.8) is 0 Å². The van der Waals surface area contributed by atoms with E-state index in [1.165, 1.54) is 0 Å². The average Bonchev–Trinajstić information content (AvgIpc) is 2.44. The SMILES string of the molecule is O=C(O)CCC(=O)NCC1=C\C=C/C=C\C=C/C=C\C=C1. The molecule has 0 radical (unpaired) electrons. The molecule has 0 aromatic heterocycles. The lowest BCUT2D eigenvalue weighted by atomic mass is 10.2. The van der Waals surface area contributed by atoms with Gasteiger partial charge in [-0.15, -0.1) is 0 Å². The van der Waals surface area contributed by atoms with Crippen molar-refractivity contribution in [1.82, 2.24) is 5.32 Å². The van der Waals surface area contributed by atoms with Crippen LogP contribution >= 0.6 is 0 Å². The number of carbonyl (C=O) groups is 2. The van der Waals surface area contributed by atoms with Crippen molar-refractivity contribution in [2.75, 3.05) is 6.54 Å². The molecular weight excluding hydrogens is 266 g/mol. The second-order valence-electron chi connectivity index (χ2n) is 4.31. The van der Waals surface area contributed by atoms with Crippen LogP contribution < -0.4 is 5.32 Å². The Morgan fingerprint density at radius 2 is 1.43 bits per heavy atom. The molecule has 0 aromatic rings. The molecular formula is C17H19NO3. The van der Waals surface area contributed by atoms with Crippen molar-refractivity contribution >= 4 is 11.9 Å². The number of carboxylic acids is 1. The molecule has 0 unspecified atom stereocenters. The van der Waals surface area contributed by atoms with Crippen LogP contribution in [0.4, 0.5) is 0 Å². The Kier molecular flexibility index (Phi) is 7.98. The van der Waals surface area contributed by atoms with Crippen LogP contribution in [0, 0.1) is 0 Å². The summed E-state index contributed by atoms with van der Waals surface area (Å²) in [6, 6.07) is 0. The number of carbonyl (C=O) groups excluding carboxylic acids is 1. The zero-order valence-corrected chi connectivity index (χ0v) is 11.7. The van der Waals surface area contributed by atoms with Crippen LogP contribution in [-0.2, 0) is 9.59 Å². The van der Waals surface area contributed by atoms with Crippen molar-refractivity contribution in [3.05, 3.63) is 72.4 Å². The lowest BCUT2D eigenvalue weighted by Gasteiger charge is -2.04. The van der Waals surface area contributed by atoms with E-state index in [2.05, 4.69) is 5.32 Å². The van der Waals surface area contributed by atoms with E-state index >= 15 is 0 Å². The van der Waals surface area contributed by atoms with Gasteiger partial charge >= 0.3 is 5.97 Å². The topological polar surface area (TPSA) is 66.4 Å². The number of rotatable bonds is 5. The summed E-state index contributed by atoms with van der Waals surface area (Å²) in [5, 5.41) is 11.2. The Morgan fingerprint density at radius 1 is 0.857 bits per heavy atom. The molecule has 0 saturated carbocycles. The smallest absolute Gasteiger partial charge is 0.303 e. The Labute approximate surface area is 124 Å². The monoisotopic (exact) mass is 285 g/mol. The predicted octanol–water partition coefficient (Wildman–Crippen LogP) is 2.69. The van der Waals surface area contributed by atoms with Gasteiger partial charge in [-0.25, -0.2) is 0 Å². The van der Waals surface area contributed by atoms with Crippen molar-refractivity contribution in [3.8, 4) is 0 Å². The molecule has 0 fully saturated rings. The van der Waals surface area contributed by atoms with Crippen molar-refractivity contribution in [1.29, 1.82) is 0 Å². The summed E-state index contributed by atoms with van der Waals surface area (Å²) >= 11 is 0. The molecule has 0 aromatic carbocycles. The number of nitrogens with one attached hydrogen (secondary N) is 1. The van der Waals surface area contributed by atoms with Gasteiger partial charge in [0.15, 0.2) is 0 Å². The van der Waals surface area contributed by atoms with Gasteiger partial charge in [0.1, 0.15) is 0 Å². The number of allylic oxidation sites excluding steroid dienone is 10. The minimum Gasteiger partial charge on any atom is -0.481 e. The third kappa shape index (κ3) is 8.99. The van der Waals surface area contributed by atoms with Crippen LogP contribution in [-0.4, -0.2) is 23.5 Å². The van der Waals surface area contributed by atoms with Gasteiger partial charge in [0, 0.05) is 13.0 Å². The molecule has 0 spiro atoms. The van der Waals surface area contributed by atoms with Gasteiger partial charge in [-0.3, -0.25) is 9.59 Å². The molecule has 2 N–H and O–H groups in total. The highest BCUT2D eigenvalue weighted by Gasteiger charge is 2.04. The van der Waals surface area contributed by atoms with Crippen molar-refractivity contribution in [2.45, 2.75) is 12.8 Å². The summed E-state index contributed by atoms with van der Waals surface area (Å²) in [4.78, 5) is 21.9. The quantitative estimate of drug-likeness (QED) is 0.816. The molecule has 1 aliphatic carbocycles. The van der Waals surface area contributed by atoms with E-state index in [0.717, 1.165) is 5.57 Å². The van der Waals surface area contributed by atoms with Crippen LogP contribution in [0.25, 0.3) is 0 Å². The number of aliphatic carboxylic acids is 1. The summed E-state index contributed by atoms with van der Waals surface area (Å²) in [6.07, 6.45) is 20.8. The Hall–Kier alpha value is -2.62. The molecule has 0 heterocycles. The first-order chi connectivity index (χ1) is 10.2. The van der Waals surface area contributed by atoms with Crippen molar-refractivity contribution in [2.24, 2.45) is 0 Å². The summed E-state index contributed by atoms with van der Waals surface area (Å²) in [5.74, 6) is -1.23. The first-order valence-corrected chi connectivity index (χ1v) is 6.71. The van der Waals surface area contributed by atoms with Crippen LogP contribution in [0.2, 0.25) is 0 Å². The highest BCUT2D eigenvalue weighted by Crippen LogP contribution is 1.99. The van der Waals surface area contributed by atoms with Gasteiger partial charge < -0.3 is 10.4 Å². The van der Waals surface area contributed by atoms with Crippen LogP contribution in [0.15, 0.2) is 72.4 Å². The lowest BCUT2D eigenvalue weighted by Crippen LogP contribution is -2.25. The molecule has 4 heteroatoms. The second kappa shape index (κ2) is 10.2. The largest absolute Gasteiger partial charge is 0.481 e. The molecule has 110 valence electrons. The van der Waals surface area contributed by atoms with Gasteiger partial charge in [-0.1, -0.05) is 66.8 Å². The molecule has 21 heavy (non-hydrogen) atoms. The molecule has 0 aliphatic heterocycles. The van der Waals surface area contributed by atoms with E-state index in [-0.39, 0.29) is 18.7 Å². The first kappa shape index (κ1) is 16.4. The third-order valence-corrected chi connectivity index (χ3v) is 2.57. The van der Waals surface area contributed by atoms with E-state index in [1.807, 2.05) is 66.8 Å². The van der Waals surface area contributed by atoms with Gasteiger partial charge in [0.25, 0.3) is 0 Å². The normalized spacial score (nSPS) is 20.3. The molecule has 1 aliphatic rings. The maximum absolute atomic E-state index is 11.5. The minimum atomic E-state index is -0.969. The van der Waals surface area contributed by atoms with E-state index in [0.29, 0.717) is 6.54 Å². The van der Waals surface area contributed by atoms with Crippen LogP contribution in [0.3, 0.4) is 0 Å². The highest BCUT2D eigenvalue weighted by atomic mass is 16.4. The lowest BCUT2D eigenvalue weighted by molar-refractivity contribution is -0.138. The van der Waals surface area contributed by atoms with Crippen LogP contribution in [0.5, 0.6) is 0 Å². The fourth-order valence-electron chi connectivity index (χ4n) is 1.49. The predicted molar refractivity (Wildman–Crippen MR) is 83.7 cm³/mol. The van der Waals surface area contributed by atoms with Gasteiger partial charge in [-0.2, -0.15) is 0 Å². The fraction of sp³-hybridized carbons (Fsp3) is 0.176. The Morgan fingerprint density at radius 3 is 2.05 bits per heavy atom. The van der Waals surface area contributed by atoms with Crippen LogP contribution in [0.1, 0.15) is 12.8 Å². The molecule has 0 atom stereocenters. The summed E-state index contributed by atoms with van der Waals surface area (Å²) in [5.41, 5.74) is 0.928. The van der Waals surface area contributed by atoms with E-state index in [4.69, 9.17) is 5.11 Å². The van der Waals surface area contributed by atoms with Crippen molar-refractivity contribution < 1.29 is 14.7 Å². The molecule has 0 bridgehead atoms. The fourth-order valence-corrected chi connectivity index (χ4v) is 1.49. The average molecular weight is 285 g/mol. The van der Waals surface area contributed by atoms with E-state index in [9.17, 15) is 9.59 Å². The van der Waals surface area contributed by atoms with E-state index < -0.39 is 5.97 Å². The Balaban J connectivity index is 2.57. The zero-order chi connectivity index (χ0) is 15.3. The molecule has 0 saturated heterocycles. The Bertz CT molecular complexity index is 534. The molecule has 1 rings (SSSR count). The van der Waals surface area contributed by atoms with Gasteiger partial charge in [0.2, 0.25) is 5.91 Å². The number of carboxylic acid groups (broad SMARTS) is 1. The number of amides is 1. The first-order valence-electron chi connectivity index (χ1n) is 6.71. The number of hydrogen-bond donors (Lipinski definition) is 2. The maximum Gasteiger partial charge on any atom is 0.303 e. The van der Waals surface area contributed by atoms with E-state index in [1.54, 1.807) is 0 Å². The summed E-state index contributed by atoms with van der Waals surface area (Å²) < 4.78 is 0. The maximum atomic E-state index is 11.5. The minimum absolute atomic E-state index is 0.00436.